The fraction of sp³-hybridized carbons (Fsp3) is 0.300. The van der Waals surface area contributed by atoms with Gasteiger partial charge < -0.3 is 10.6 Å². The lowest BCUT2D eigenvalue weighted by Gasteiger charge is -2.23. The van der Waals surface area contributed by atoms with E-state index >= 15 is 0 Å². The Morgan fingerprint density at radius 3 is 2.32 bits per heavy atom. The number of rotatable bonds is 8. The molecule has 1 atom stereocenters. The largest absolute Gasteiger partial charge is 0.355 e. The Morgan fingerprint density at radius 2 is 1.71 bits per heavy atom. The second-order valence-corrected chi connectivity index (χ2v) is 7.99. The van der Waals surface area contributed by atoms with Gasteiger partial charge in [-0.05, 0) is 51.1 Å². The summed E-state index contributed by atoms with van der Waals surface area (Å²) in [5.41, 5.74) is 0.714. The third kappa shape index (κ3) is 4.89. The number of anilines is 1. The summed E-state index contributed by atoms with van der Waals surface area (Å²) in [6.07, 6.45) is 0. The van der Waals surface area contributed by atoms with Crippen molar-refractivity contribution in [2.24, 2.45) is 0 Å². The number of nitrogens with zero attached hydrogens (tertiary/aromatic N) is 1. The number of hydrogen-bond acceptors (Lipinski definition) is 4. The van der Waals surface area contributed by atoms with Crippen molar-refractivity contribution in [1.29, 1.82) is 0 Å². The van der Waals surface area contributed by atoms with Gasteiger partial charge in [-0.2, -0.15) is 0 Å². The Balaban J connectivity index is 2.28. The molecule has 2 rings (SSSR count). The maximum atomic E-state index is 13.1. The maximum Gasteiger partial charge on any atom is 0.264 e. The summed E-state index contributed by atoms with van der Waals surface area (Å²) in [4.78, 5) is 24.3. The number of benzene rings is 2. The first-order valence-electron chi connectivity index (χ1n) is 9.07. The van der Waals surface area contributed by atoms with Crippen LogP contribution < -0.4 is 14.9 Å². The van der Waals surface area contributed by atoms with Crippen molar-refractivity contribution in [2.45, 2.75) is 31.7 Å². The molecule has 0 spiro atoms. The molecule has 0 radical (unpaired) electrons. The highest BCUT2D eigenvalue weighted by atomic mass is 32.2. The van der Waals surface area contributed by atoms with Crippen molar-refractivity contribution in [1.82, 2.24) is 10.6 Å². The van der Waals surface area contributed by atoms with Gasteiger partial charge in [0.25, 0.3) is 15.9 Å². The molecule has 0 aromatic heterocycles. The number of hydrogen-bond donors (Lipinski definition) is 2. The van der Waals surface area contributed by atoms with Gasteiger partial charge in [-0.25, -0.2) is 8.42 Å². The Morgan fingerprint density at radius 1 is 1.04 bits per heavy atom. The van der Waals surface area contributed by atoms with E-state index in [1.165, 1.54) is 28.6 Å². The van der Waals surface area contributed by atoms with Gasteiger partial charge in [0, 0.05) is 18.7 Å². The Hall–Kier alpha value is -2.87. The predicted octanol–water partition coefficient (Wildman–Crippen LogP) is 2.16. The van der Waals surface area contributed by atoms with Crippen LogP contribution in [0.4, 0.5) is 5.69 Å². The Bertz CT molecular complexity index is 929. The first-order valence-corrected chi connectivity index (χ1v) is 10.5. The second-order valence-electron chi connectivity index (χ2n) is 6.12. The molecule has 2 amide bonds. The van der Waals surface area contributed by atoms with E-state index in [0.29, 0.717) is 12.2 Å². The van der Waals surface area contributed by atoms with Crippen molar-refractivity contribution in [3.8, 4) is 0 Å². The summed E-state index contributed by atoms with van der Waals surface area (Å²) in [7, 11) is -3.84. The Labute approximate surface area is 165 Å². The lowest BCUT2D eigenvalue weighted by molar-refractivity contribution is -0.122. The van der Waals surface area contributed by atoms with Crippen LogP contribution in [0, 0.1) is 0 Å². The van der Waals surface area contributed by atoms with Gasteiger partial charge in [-0.15, -0.1) is 0 Å². The highest BCUT2D eigenvalue weighted by Crippen LogP contribution is 2.23. The highest BCUT2D eigenvalue weighted by Gasteiger charge is 2.25. The quantitative estimate of drug-likeness (QED) is 0.706. The fourth-order valence-electron chi connectivity index (χ4n) is 2.68. The minimum Gasteiger partial charge on any atom is -0.355 e. The van der Waals surface area contributed by atoms with Crippen LogP contribution in [0.5, 0.6) is 0 Å². The van der Waals surface area contributed by atoms with E-state index in [-0.39, 0.29) is 22.9 Å². The molecule has 0 aliphatic heterocycles. The van der Waals surface area contributed by atoms with Crippen molar-refractivity contribution in [3.63, 3.8) is 0 Å². The number of carbonyl (C=O) groups is 2. The molecule has 150 valence electrons. The molecular weight excluding hydrogens is 378 g/mol. The molecular formula is C20H25N3O4S. The second kappa shape index (κ2) is 9.36. The summed E-state index contributed by atoms with van der Waals surface area (Å²) in [5, 5.41) is 5.20. The third-order valence-electron chi connectivity index (χ3n) is 4.11. The molecule has 2 N–H and O–H groups in total. The number of nitrogens with one attached hydrogen (secondary N) is 2. The maximum absolute atomic E-state index is 13.1. The van der Waals surface area contributed by atoms with Gasteiger partial charge in [0.2, 0.25) is 5.91 Å². The number of carbonyl (C=O) groups excluding carboxylic acids is 2. The van der Waals surface area contributed by atoms with Crippen LogP contribution in [0.25, 0.3) is 0 Å². The molecule has 0 unspecified atom stereocenters. The van der Waals surface area contributed by atoms with Crippen molar-refractivity contribution in [2.75, 3.05) is 17.4 Å². The number of sulfonamides is 1. The van der Waals surface area contributed by atoms with E-state index in [9.17, 15) is 18.0 Å². The molecule has 0 heterocycles. The summed E-state index contributed by atoms with van der Waals surface area (Å²) in [6.45, 7) is 5.80. The van der Waals surface area contributed by atoms with Crippen LogP contribution in [0.15, 0.2) is 59.5 Å². The lowest BCUT2D eigenvalue weighted by atomic mass is 10.2. The van der Waals surface area contributed by atoms with Crippen LogP contribution >= 0.6 is 0 Å². The molecule has 2 aromatic rings. The van der Waals surface area contributed by atoms with Gasteiger partial charge in [0.15, 0.2) is 0 Å². The van der Waals surface area contributed by atoms with Crippen LogP contribution in [0.2, 0.25) is 0 Å². The minimum absolute atomic E-state index is 0.0107. The smallest absolute Gasteiger partial charge is 0.264 e. The summed E-state index contributed by atoms with van der Waals surface area (Å²) in [6, 6.07) is 13.8. The van der Waals surface area contributed by atoms with Crippen molar-refractivity contribution < 1.29 is 18.0 Å². The minimum atomic E-state index is -3.84. The molecule has 0 bridgehead atoms. The number of likely N-dealkylation sites (N-methyl/N-ethyl adjacent to an activating group) is 1. The van der Waals surface area contributed by atoms with Crippen LogP contribution in [0.3, 0.4) is 0 Å². The number of para-hydroxylation sites is 1. The average molecular weight is 404 g/mol. The zero-order chi connectivity index (χ0) is 20.7. The molecule has 8 heteroatoms. The molecule has 0 aliphatic carbocycles. The van der Waals surface area contributed by atoms with Gasteiger partial charge >= 0.3 is 0 Å². The van der Waals surface area contributed by atoms with E-state index in [4.69, 9.17) is 0 Å². The zero-order valence-electron chi connectivity index (χ0n) is 16.2. The molecule has 0 saturated heterocycles. The summed E-state index contributed by atoms with van der Waals surface area (Å²) >= 11 is 0. The van der Waals surface area contributed by atoms with Gasteiger partial charge in [-0.3, -0.25) is 13.9 Å². The van der Waals surface area contributed by atoms with E-state index in [0.717, 1.165) is 0 Å². The van der Waals surface area contributed by atoms with Crippen LogP contribution in [-0.2, 0) is 14.8 Å². The van der Waals surface area contributed by atoms with Gasteiger partial charge in [-0.1, -0.05) is 24.3 Å². The molecule has 28 heavy (non-hydrogen) atoms. The fourth-order valence-corrected chi connectivity index (χ4v) is 4.20. The van der Waals surface area contributed by atoms with Crippen molar-refractivity contribution in [3.05, 3.63) is 60.2 Å². The predicted molar refractivity (Wildman–Crippen MR) is 109 cm³/mol. The van der Waals surface area contributed by atoms with Crippen molar-refractivity contribution >= 4 is 27.5 Å². The molecule has 0 aliphatic rings. The van der Waals surface area contributed by atoms with E-state index < -0.39 is 22.0 Å². The normalized spacial score (nSPS) is 12.1. The van der Waals surface area contributed by atoms with E-state index in [1.54, 1.807) is 45.0 Å². The number of amides is 2. The molecule has 7 nitrogen and oxygen atoms in total. The van der Waals surface area contributed by atoms with E-state index in [1.807, 2.05) is 6.07 Å². The zero-order valence-corrected chi connectivity index (χ0v) is 17.0. The first-order chi connectivity index (χ1) is 13.3. The molecule has 0 saturated carbocycles. The topological polar surface area (TPSA) is 95.6 Å². The standard InChI is InChI=1S/C20H25N3O4S/c1-4-21-19(24)15(3)22-20(25)16-10-9-13-18(14-16)28(26,27)23(5-2)17-11-7-6-8-12-17/h6-15H,4-5H2,1-3H3,(H,21,24)(H,22,25)/t15-/m1/s1. The first kappa shape index (κ1) is 21.4. The average Bonchev–Trinajstić information content (AvgIpc) is 2.69. The molecule has 2 aromatic carbocycles. The third-order valence-corrected chi connectivity index (χ3v) is 6.01. The monoisotopic (exact) mass is 403 g/mol. The van der Waals surface area contributed by atoms with E-state index in [2.05, 4.69) is 10.6 Å². The molecule has 0 fully saturated rings. The van der Waals surface area contributed by atoms with Crippen LogP contribution in [-0.4, -0.2) is 39.4 Å². The highest BCUT2D eigenvalue weighted by molar-refractivity contribution is 7.92. The van der Waals surface area contributed by atoms with Crippen LogP contribution in [0.1, 0.15) is 31.1 Å². The lowest BCUT2D eigenvalue weighted by Crippen LogP contribution is -2.44. The van der Waals surface area contributed by atoms with Gasteiger partial charge in [0.1, 0.15) is 6.04 Å². The Kier molecular flexibility index (Phi) is 7.17. The van der Waals surface area contributed by atoms with Gasteiger partial charge in [0.05, 0.1) is 10.6 Å². The SMILES string of the molecule is CCNC(=O)[C@@H](C)NC(=O)c1cccc(S(=O)(=O)N(CC)c2ccccc2)c1. The summed E-state index contributed by atoms with van der Waals surface area (Å²) < 4.78 is 27.4. The summed E-state index contributed by atoms with van der Waals surface area (Å²) in [5.74, 6) is -0.820.